The maximum absolute atomic E-state index is 11.8. The lowest BCUT2D eigenvalue weighted by molar-refractivity contribution is 0.104. The van der Waals surface area contributed by atoms with E-state index in [1.807, 2.05) is 30.3 Å². The number of allylic oxidation sites excluding steroid dienone is 1. The molecule has 0 bridgehead atoms. The zero-order valence-electron chi connectivity index (χ0n) is 8.34. The van der Waals surface area contributed by atoms with E-state index in [0.717, 1.165) is 15.2 Å². The van der Waals surface area contributed by atoms with Crippen LogP contribution in [0.5, 0.6) is 0 Å². The number of ketones is 1. The van der Waals surface area contributed by atoms with E-state index in [4.69, 9.17) is 11.6 Å². The summed E-state index contributed by atoms with van der Waals surface area (Å²) in [5.41, 5.74) is 0.582. The van der Waals surface area contributed by atoms with Crippen LogP contribution in [0.1, 0.15) is 10.4 Å². The van der Waals surface area contributed by atoms with Gasteiger partial charge in [-0.15, -0.1) is 0 Å². The topological polar surface area (TPSA) is 17.1 Å². The Balaban J connectivity index is 2.77. The van der Waals surface area contributed by atoms with E-state index in [1.54, 1.807) is 6.07 Å². The number of rotatable bonds is 2. The summed E-state index contributed by atoms with van der Waals surface area (Å²) in [5.74, 6) is -0.231. The summed E-state index contributed by atoms with van der Waals surface area (Å²) in [7, 11) is 0. The van der Waals surface area contributed by atoms with Crippen molar-refractivity contribution in [1.82, 2.24) is 0 Å². The van der Waals surface area contributed by atoms with E-state index in [1.165, 1.54) is 0 Å². The molecule has 0 fully saturated rings. The number of hydrogen-bond acceptors (Lipinski definition) is 1. The van der Waals surface area contributed by atoms with Gasteiger partial charge in [-0.25, -0.2) is 0 Å². The third-order valence-corrected chi connectivity index (χ3v) is 3.23. The number of benzene rings is 2. The number of hydrogen-bond donors (Lipinski definition) is 0. The number of fused-ring (bicyclic) bond motifs is 1. The average molecular weight is 296 g/mol. The van der Waals surface area contributed by atoms with Crippen molar-refractivity contribution in [2.45, 2.75) is 0 Å². The van der Waals surface area contributed by atoms with E-state index in [0.29, 0.717) is 5.56 Å². The molecule has 0 atom stereocenters. The van der Waals surface area contributed by atoms with Gasteiger partial charge in [0.25, 0.3) is 0 Å². The molecule has 0 aliphatic heterocycles. The van der Waals surface area contributed by atoms with Gasteiger partial charge in [0.1, 0.15) is 0 Å². The lowest BCUT2D eigenvalue weighted by atomic mass is 10.0. The molecule has 0 spiro atoms. The summed E-state index contributed by atoms with van der Waals surface area (Å²) >= 11 is 9.10. The number of carbonyl (C=O) groups is 1. The molecule has 0 N–H and O–H groups in total. The van der Waals surface area contributed by atoms with Crippen molar-refractivity contribution in [2.24, 2.45) is 0 Å². The predicted molar refractivity (Wildman–Crippen MR) is 71.0 cm³/mol. The van der Waals surface area contributed by atoms with E-state index < -0.39 is 0 Å². The molecule has 0 unspecified atom stereocenters. The summed E-state index contributed by atoms with van der Waals surface area (Å²) in [5, 5.41) is 1.91. The molecule has 80 valence electrons. The Labute approximate surface area is 107 Å². The standard InChI is InChI=1S/C13H8BrClO/c1-8(15)13(16)11-6-7-12(14)10-5-3-2-4-9(10)11/h2-7H,1H2. The van der Waals surface area contributed by atoms with Gasteiger partial charge in [0, 0.05) is 10.0 Å². The predicted octanol–water partition coefficient (Wildman–Crippen LogP) is 4.54. The second-order valence-electron chi connectivity index (χ2n) is 3.37. The molecule has 0 saturated heterocycles. The van der Waals surface area contributed by atoms with E-state index >= 15 is 0 Å². The Kier molecular flexibility index (Phi) is 3.13. The van der Waals surface area contributed by atoms with Crippen molar-refractivity contribution in [3.8, 4) is 0 Å². The first-order valence-corrected chi connectivity index (χ1v) is 5.84. The van der Waals surface area contributed by atoms with Crippen LogP contribution >= 0.6 is 27.5 Å². The van der Waals surface area contributed by atoms with Crippen molar-refractivity contribution in [2.75, 3.05) is 0 Å². The molecule has 0 aliphatic carbocycles. The zero-order valence-corrected chi connectivity index (χ0v) is 10.7. The molecule has 3 heteroatoms. The van der Waals surface area contributed by atoms with Crippen molar-refractivity contribution in [3.63, 3.8) is 0 Å². The molecule has 0 heterocycles. The van der Waals surface area contributed by atoms with Gasteiger partial charge in [-0.1, -0.05) is 58.4 Å². The van der Waals surface area contributed by atoms with Crippen molar-refractivity contribution in [1.29, 1.82) is 0 Å². The smallest absolute Gasteiger partial charge is 0.204 e. The van der Waals surface area contributed by atoms with Gasteiger partial charge in [0.2, 0.25) is 5.78 Å². The highest BCUT2D eigenvalue weighted by atomic mass is 79.9. The quantitative estimate of drug-likeness (QED) is 0.587. The SMILES string of the molecule is C=C(Cl)C(=O)c1ccc(Br)c2ccccc12. The lowest BCUT2D eigenvalue weighted by Crippen LogP contribution is -1.99. The van der Waals surface area contributed by atoms with Crippen LogP contribution in [0.15, 0.2) is 52.5 Å². The minimum atomic E-state index is -0.231. The molecule has 2 aromatic rings. The number of Topliss-reactive ketones (excluding diaryl/α,β-unsaturated/α-hetero) is 1. The average Bonchev–Trinajstić information content (AvgIpc) is 2.29. The minimum absolute atomic E-state index is 0.0347. The molecule has 0 aromatic heterocycles. The molecular weight excluding hydrogens is 287 g/mol. The molecule has 2 rings (SSSR count). The summed E-state index contributed by atoms with van der Waals surface area (Å²) in [4.78, 5) is 11.8. The molecule has 0 saturated carbocycles. The van der Waals surface area contributed by atoms with Crippen LogP contribution in [-0.4, -0.2) is 5.78 Å². The van der Waals surface area contributed by atoms with E-state index in [-0.39, 0.29) is 10.8 Å². The van der Waals surface area contributed by atoms with Crippen LogP contribution in [0.3, 0.4) is 0 Å². The highest BCUT2D eigenvalue weighted by Crippen LogP contribution is 2.28. The summed E-state index contributed by atoms with van der Waals surface area (Å²) in [6.07, 6.45) is 0. The molecular formula is C13H8BrClO. The summed E-state index contributed by atoms with van der Waals surface area (Å²) < 4.78 is 0.958. The van der Waals surface area contributed by atoms with Crippen LogP contribution < -0.4 is 0 Å². The van der Waals surface area contributed by atoms with E-state index in [2.05, 4.69) is 22.5 Å². The molecule has 2 aromatic carbocycles. The second-order valence-corrected chi connectivity index (χ2v) is 4.69. The summed E-state index contributed by atoms with van der Waals surface area (Å²) in [6, 6.07) is 11.3. The third-order valence-electron chi connectivity index (χ3n) is 2.36. The monoisotopic (exact) mass is 294 g/mol. The van der Waals surface area contributed by atoms with Gasteiger partial charge in [0.05, 0.1) is 5.03 Å². The van der Waals surface area contributed by atoms with Gasteiger partial charge in [-0.3, -0.25) is 4.79 Å². The number of halogens is 2. The van der Waals surface area contributed by atoms with Crippen molar-refractivity contribution in [3.05, 3.63) is 58.0 Å². The molecule has 0 amide bonds. The Morgan fingerprint density at radius 2 is 1.75 bits per heavy atom. The van der Waals surface area contributed by atoms with Crippen molar-refractivity contribution < 1.29 is 4.79 Å². The largest absolute Gasteiger partial charge is 0.288 e. The Morgan fingerprint density at radius 1 is 1.12 bits per heavy atom. The van der Waals surface area contributed by atoms with Crippen LogP contribution in [0.2, 0.25) is 0 Å². The molecule has 1 nitrogen and oxygen atoms in total. The third kappa shape index (κ3) is 1.91. The van der Waals surface area contributed by atoms with Gasteiger partial charge in [0.15, 0.2) is 0 Å². The molecule has 0 radical (unpaired) electrons. The van der Waals surface area contributed by atoms with Gasteiger partial charge >= 0.3 is 0 Å². The second kappa shape index (κ2) is 4.40. The molecule has 16 heavy (non-hydrogen) atoms. The van der Waals surface area contributed by atoms with Crippen molar-refractivity contribution >= 4 is 44.1 Å². The number of carbonyl (C=O) groups excluding carboxylic acids is 1. The van der Waals surface area contributed by atoms with E-state index in [9.17, 15) is 4.79 Å². The van der Waals surface area contributed by atoms with Crippen LogP contribution in [0.25, 0.3) is 10.8 Å². The van der Waals surface area contributed by atoms with Gasteiger partial charge in [-0.05, 0) is 22.9 Å². The fourth-order valence-corrected chi connectivity index (χ4v) is 2.19. The first-order valence-electron chi connectivity index (χ1n) is 4.67. The fourth-order valence-electron chi connectivity index (χ4n) is 1.61. The van der Waals surface area contributed by atoms with Crippen LogP contribution in [-0.2, 0) is 0 Å². The Bertz CT molecular complexity index is 590. The minimum Gasteiger partial charge on any atom is -0.288 e. The maximum Gasteiger partial charge on any atom is 0.204 e. The summed E-state index contributed by atoms with van der Waals surface area (Å²) in [6.45, 7) is 3.46. The maximum atomic E-state index is 11.8. The highest BCUT2D eigenvalue weighted by Gasteiger charge is 2.12. The van der Waals surface area contributed by atoms with Gasteiger partial charge in [-0.2, -0.15) is 0 Å². The highest BCUT2D eigenvalue weighted by molar-refractivity contribution is 9.10. The Morgan fingerprint density at radius 3 is 2.38 bits per heavy atom. The van der Waals surface area contributed by atoms with Crippen LogP contribution in [0.4, 0.5) is 0 Å². The fraction of sp³-hybridized carbons (Fsp3) is 0. The van der Waals surface area contributed by atoms with Crippen LogP contribution in [0, 0.1) is 0 Å². The Hall–Kier alpha value is -1.12. The lowest BCUT2D eigenvalue weighted by Gasteiger charge is -2.06. The normalized spacial score (nSPS) is 10.4. The zero-order chi connectivity index (χ0) is 11.7. The van der Waals surface area contributed by atoms with Gasteiger partial charge < -0.3 is 0 Å². The first kappa shape index (κ1) is 11.4. The molecule has 0 aliphatic rings. The first-order chi connectivity index (χ1) is 7.61.